The highest BCUT2D eigenvalue weighted by molar-refractivity contribution is 5.30. The first-order valence-corrected chi connectivity index (χ1v) is 12.0. The number of hydrogen-bond acceptors (Lipinski definition) is 5. The van der Waals surface area contributed by atoms with Gasteiger partial charge in [0.05, 0.1) is 37.4 Å². The van der Waals surface area contributed by atoms with Crippen molar-refractivity contribution in [3.8, 4) is 0 Å². The molecule has 1 aromatic heterocycles. The minimum Gasteiger partial charge on any atom is -0.472 e. The minimum atomic E-state index is -1.02. The van der Waals surface area contributed by atoms with Crippen LogP contribution in [0, 0.1) is 28.6 Å². The van der Waals surface area contributed by atoms with Gasteiger partial charge in [-0.1, -0.05) is 13.8 Å². The molecular weight excluding hydrogens is 380 g/mol. The van der Waals surface area contributed by atoms with Gasteiger partial charge in [0.1, 0.15) is 5.60 Å². The summed E-state index contributed by atoms with van der Waals surface area (Å²) in [7, 11) is 0. The van der Waals surface area contributed by atoms with Crippen molar-refractivity contribution in [1.82, 2.24) is 0 Å². The quantitative estimate of drug-likeness (QED) is 0.688. The van der Waals surface area contributed by atoms with Crippen LogP contribution in [0.2, 0.25) is 0 Å². The maximum atomic E-state index is 12.2. The Morgan fingerprint density at radius 3 is 2.60 bits per heavy atom. The zero-order valence-corrected chi connectivity index (χ0v) is 18.5. The lowest BCUT2D eigenvalue weighted by molar-refractivity contribution is -0.239. The second-order valence-electron chi connectivity index (χ2n) is 11.2. The molecule has 0 bridgehead atoms. The molecule has 0 aliphatic heterocycles. The Morgan fingerprint density at radius 2 is 1.87 bits per heavy atom. The second kappa shape index (κ2) is 7.06. The molecule has 1 heterocycles. The van der Waals surface area contributed by atoms with Crippen LogP contribution in [0.15, 0.2) is 23.0 Å². The van der Waals surface area contributed by atoms with Crippen LogP contribution in [0.1, 0.15) is 77.2 Å². The maximum absolute atomic E-state index is 12.2. The Kier molecular flexibility index (Phi) is 4.94. The van der Waals surface area contributed by atoms with Crippen molar-refractivity contribution in [3.05, 3.63) is 24.2 Å². The molecule has 0 aromatic carbocycles. The standard InChI is InChI=1S/C25H38O5/c1-22-8-5-19(30-14-12-26)15-17(22)3-4-21-20(22)6-9-23(2)24(27,10-11-25(21,23)28)18-7-13-29-16-18/h7,13,16-17,19-21,26-28H,3-6,8-12,14-15H2,1-2H3/t17-,19+,20+,21-,22+,23-,24+,25+/m1/s1. The van der Waals surface area contributed by atoms with Crippen molar-refractivity contribution in [2.75, 3.05) is 13.2 Å². The summed E-state index contributed by atoms with van der Waals surface area (Å²) < 4.78 is 11.2. The third-order valence-corrected chi connectivity index (χ3v) is 10.4. The molecule has 4 aliphatic carbocycles. The normalized spacial score (nSPS) is 50.6. The van der Waals surface area contributed by atoms with Gasteiger partial charge >= 0.3 is 0 Å². The molecule has 0 spiro atoms. The number of fused-ring (bicyclic) bond motifs is 5. The van der Waals surface area contributed by atoms with E-state index in [0.717, 1.165) is 50.5 Å². The van der Waals surface area contributed by atoms with Crippen LogP contribution in [0.5, 0.6) is 0 Å². The summed E-state index contributed by atoms with van der Waals surface area (Å²) in [4.78, 5) is 0. The molecule has 4 saturated carbocycles. The van der Waals surface area contributed by atoms with E-state index < -0.39 is 16.6 Å². The first-order valence-electron chi connectivity index (χ1n) is 12.0. The van der Waals surface area contributed by atoms with Crippen LogP contribution in [0.4, 0.5) is 0 Å². The van der Waals surface area contributed by atoms with Gasteiger partial charge in [0.2, 0.25) is 0 Å². The summed E-state index contributed by atoms with van der Waals surface area (Å²) in [6.45, 7) is 5.11. The maximum Gasteiger partial charge on any atom is 0.101 e. The lowest BCUT2D eigenvalue weighted by Gasteiger charge is -2.64. The zero-order valence-electron chi connectivity index (χ0n) is 18.5. The largest absolute Gasteiger partial charge is 0.472 e. The number of hydrogen-bond donors (Lipinski definition) is 3. The number of aliphatic hydroxyl groups excluding tert-OH is 1. The molecule has 0 amide bonds. The summed E-state index contributed by atoms with van der Waals surface area (Å²) in [6, 6.07) is 1.87. The summed E-state index contributed by atoms with van der Waals surface area (Å²) in [5.74, 6) is 1.37. The molecule has 0 saturated heterocycles. The fourth-order valence-electron chi connectivity index (χ4n) is 8.54. The molecule has 0 unspecified atom stereocenters. The van der Waals surface area contributed by atoms with Crippen molar-refractivity contribution in [1.29, 1.82) is 0 Å². The van der Waals surface area contributed by atoms with Gasteiger partial charge in [-0.15, -0.1) is 0 Å². The van der Waals surface area contributed by atoms with Crippen LogP contribution in [-0.4, -0.2) is 40.2 Å². The highest BCUT2D eigenvalue weighted by Gasteiger charge is 2.72. The Balaban J connectivity index is 1.42. The summed E-state index contributed by atoms with van der Waals surface area (Å²) >= 11 is 0. The van der Waals surface area contributed by atoms with Crippen LogP contribution in [-0.2, 0) is 10.3 Å². The van der Waals surface area contributed by atoms with E-state index >= 15 is 0 Å². The minimum absolute atomic E-state index is 0.0916. The summed E-state index contributed by atoms with van der Waals surface area (Å²) in [5, 5.41) is 33.2. The average molecular weight is 419 g/mol. The van der Waals surface area contributed by atoms with E-state index in [1.54, 1.807) is 12.5 Å². The van der Waals surface area contributed by atoms with E-state index in [1.807, 2.05) is 6.07 Å². The fourth-order valence-corrected chi connectivity index (χ4v) is 8.54. The van der Waals surface area contributed by atoms with Gasteiger partial charge in [-0.3, -0.25) is 0 Å². The number of rotatable bonds is 4. The molecule has 3 N–H and O–H groups in total. The van der Waals surface area contributed by atoms with E-state index in [2.05, 4.69) is 13.8 Å². The van der Waals surface area contributed by atoms with E-state index in [1.165, 1.54) is 0 Å². The van der Waals surface area contributed by atoms with Gasteiger partial charge in [0.15, 0.2) is 0 Å². The molecule has 5 rings (SSSR count). The molecule has 1 aromatic rings. The molecule has 0 radical (unpaired) electrons. The summed E-state index contributed by atoms with van der Waals surface area (Å²) in [6.07, 6.45) is 12.1. The fraction of sp³-hybridized carbons (Fsp3) is 0.840. The molecule has 30 heavy (non-hydrogen) atoms. The van der Waals surface area contributed by atoms with Gasteiger partial charge in [-0.25, -0.2) is 0 Å². The lowest BCUT2D eigenvalue weighted by Crippen LogP contribution is -2.64. The van der Waals surface area contributed by atoms with Crippen molar-refractivity contribution in [2.45, 2.75) is 88.9 Å². The highest BCUT2D eigenvalue weighted by atomic mass is 16.5. The first-order chi connectivity index (χ1) is 14.3. The number of aliphatic hydroxyl groups is 3. The molecule has 5 heteroatoms. The lowest BCUT2D eigenvalue weighted by atomic mass is 9.43. The van der Waals surface area contributed by atoms with Crippen molar-refractivity contribution in [3.63, 3.8) is 0 Å². The van der Waals surface area contributed by atoms with Crippen LogP contribution < -0.4 is 0 Å². The zero-order chi connectivity index (χ0) is 21.2. The van der Waals surface area contributed by atoms with E-state index in [9.17, 15) is 10.2 Å². The van der Waals surface area contributed by atoms with Crippen molar-refractivity contribution in [2.24, 2.45) is 28.6 Å². The smallest absolute Gasteiger partial charge is 0.101 e. The van der Waals surface area contributed by atoms with E-state index in [0.29, 0.717) is 31.3 Å². The highest BCUT2D eigenvalue weighted by Crippen LogP contribution is 2.71. The molecule has 8 atom stereocenters. The molecule has 4 aliphatic rings. The van der Waals surface area contributed by atoms with Gasteiger partial charge in [-0.2, -0.15) is 0 Å². The van der Waals surface area contributed by atoms with Gasteiger partial charge in [0.25, 0.3) is 0 Å². The van der Waals surface area contributed by atoms with Gasteiger partial charge in [-0.05, 0) is 87.0 Å². The molecule has 4 fully saturated rings. The topological polar surface area (TPSA) is 83.1 Å². The van der Waals surface area contributed by atoms with Crippen LogP contribution in [0.3, 0.4) is 0 Å². The Bertz CT molecular complexity index is 764. The van der Waals surface area contributed by atoms with Crippen LogP contribution >= 0.6 is 0 Å². The second-order valence-corrected chi connectivity index (χ2v) is 11.2. The molecule has 168 valence electrons. The SMILES string of the molecule is C[C@]12CC[C@H](OCCO)C[C@H]1CC[C@@H]1[C@@H]2CC[C@]2(C)[C@@](O)(c3ccoc3)CC[C@]12O. The van der Waals surface area contributed by atoms with E-state index in [-0.39, 0.29) is 24.0 Å². The number of ether oxygens (including phenoxy) is 1. The molecular formula is C25H38O5. The van der Waals surface area contributed by atoms with E-state index in [4.69, 9.17) is 14.3 Å². The Labute approximate surface area is 179 Å². The summed E-state index contributed by atoms with van der Waals surface area (Å²) in [5.41, 5.74) is -1.35. The molecule has 5 nitrogen and oxygen atoms in total. The van der Waals surface area contributed by atoms with Crippen molar-refractivity contribution >= 4 is 0 Å². The first kappa shape index (κ1) is 21.0. The third kappa shape index (κ3) is 2.61. The average Bonchev–Trinajstić information content (AvgIpc) is 3.34. The predicted molar refractivity (Wildman–Crippen MR) is 113 cm³/mol. The van der Waals surface area contributed by atoms with Gasteiger partial charge < -0.3 is 24.5 Å². The Morgan fingerprint density at radius 1 is 1.03 bits per heavy atom. The van der Waals surface area contributed by atoms with Gasteiger partial charge in [0, 0.05) is 11.0 Å². The third-order valence-electron chi connectivity index (χ3n) is 10.4. The Hall–Kier alpha value is -0.880. The monoisotopic (exact) mass is 418 g/mol. The number of furan rings is 1. The predicted octanol–water partition coefficient (Wildman–Crippen LogP) is 4.00. The van der Waals surface area contributed by atoms with Crippen LogP contribution in [0.25, 0.3) is 0 Å². The van der Waals surface area contributed by atoms with Crippen molar-refractivity contribution < 1.29 is 24.5 Å².